The second-order valence-corrected chi connectivity index (χ2v) is 5.16. The van der Waals surface area contributed by atoms with Crippen molar-refractivity contribution >= 4 is 11.8 Å². The molecule has 0 amide bonds. The van der Waals surface area contributed by atoms with E-state index in [1.165, 1.54) is 5.75 Å². The molecule has 0 heterocycles. The maximum absolute atomic E-state index is 8.53. The predicted molar refractivity (Wildman–Crippen MR) is 76.8 cm³/mol. The van der Waals surface area contributed by atoms with Crippen LogP contribution in [0.5, 0.6) is 5.75 Å². The van der Waals surface area contributed by atoms with E-state index in [0.717, 1.165) is 24.4 Å². The fourth-order valence-electron chi connectivity index (χ4n) is 1.70. The molecule has 0 aromatic heterocycles. The fourth-order valence-corrected chi connectivity index (χ4v) is 2.38. The molecule has 0 spiro atoms. The Morgan fingerprint density at radius 2 is 2.22 bits per heavy atom. The van der Waals surface area contributed by atoms with Gasteiger partial charge >= 0.3 is 0 Å². The highest BCUT2D eigenvalue weighted by Gasteiger charge is 2.04. The average molecular weight is 264 g/mol. The van der Waals surface area contributed by atoms with Gasteiger partial charge in [-0.2, -0.15) is 17.0 Å². The molecule has 98 valence electrons. The van der Waals surface area contributed by atoms with E-state index in [4.69, 9.17) is 10.00 Å². The fraction of sp³-hybridized carbons (Fsp3) is 0.500. The zero-order valence-electron chi connectivity index (χ0n) is 11.0. The predicted octanol–water partition coefficient (Wildman–Crippen LogP) is 2.68. The van der Waals surface area contributed by atoms with Crippen LogP contribution in [0.1, 0.15) is 12.5 Å². The van der Waals surface area contributed by atoms with Crippen molar-refractivity contribution in [3.63, 3.8) is 0 Å². The van der Waals surface area contributed by atoms with Crippen molar-refractivity contribution in [1.29, 1.82) is 5.26 Å². The second kappa shape index (κ2) is 8.84. The van der Waals surface area contributed by atoms with Crippen LogP contribution in [0.4, 0.5) is 0 Å². The van der Waals surface area contributed by atoms with Crippen LogP contribution in [0.15, 0.2) is 24.3 Å². The summed E-state index contributed by atoms with van der Waals surface area (Å²) in [5, 5.41) is 12.0. The van der Waals surface area contributed by atoms with Gasteiger partial charge in [0.1, 0.15) is 11.8 Å². The number of thioether (sulfide) groups is 1. The van der Waals surface area contributed by atoms with Gasteiger partial charge in [0, 0.05) is 12.1 Å². The minimum Gasteiger partial charge on any atom is -0.478 e. The molecule has 3 nitrogen and oxygen atoms in total. The number of nitrogens with one attached hydrogen (secondary N) is 1. The van der Waals surface area contributed by atoms with Crippen LogP contribution in [0.2, 0.25) is 0 Å². The molecule has 0 bridgehead atoms. The van der Waals surface area contributed by atoms with Crippen molar-refractivity contribution in [2.24, 2.45) is 5.92 Å². The molecule has 1 rings (SSSR count). The Labute approximate surface area is 114 Å². The van der Waals surface area contributed by atoms with Crippen LogP contribution in [0, 0.1) is 17.2 Å². The number of hydrogen-bond donors (Lipinski definition) is 1. The third kappa shape index (κ3) is 5.44. The topological polar surface area (TPSA) is 45.0 Å². The smallest absolute Gasteiger partial charge is 0.174 e. The van der Waals surface area contributed by atoms with Gasteiger partial charge in [-0.15, -0.1) is 0 Å². The largest absolute Gasteiger partial charge is 0.478 e. The van der Waals surface area contributed by atoms with Crippen molar-refractivity contribution < 1.29 is 4.74 Å². The van der Waals surface area contributed by atoms with E-state index in [-0.39, 0.29) is 6.61 Å². The molecule has 1 unspecified atom stereocenters. The SMILES string of the molecule is CSCC(C)CNCc1ccccc1OCC#N. The summed E-state index contributed by atoms with van der Waals surface area (Å²) in [6, 6.07) is 9.83. The van der Waals surface area contributed by atoms with Crippen LogP contribution in [-0.4, -0.2) is 25.2 Å². The molecule has 1 N–H and O–H groups in total. The van der Waals surface area contributed by atoms with E-state index in [2.05, 4.69) is 18.5 Å². The Kier molecular flexibility index (Phi) is 7.31. The summed E-state index contributed by atoms with van der Waals surface area (Å²) in [5.41, 5.74) is 1.10. The second-order valence-electron chi connectivity index (χ2n) is 4.25. The summed E-state index contributed by atoms with van der Waals surface area (Å²) in [7, 11) is 0. The maximum Gasteiger partial charge on any atom is 0.174 e. The molecule has 0 aliphatic rings. The van der Waals surface area contributed by atoms with Gasteiger partial charge in [-0.25, -0.2) is 0 Å². The number of hydrogen-bond acceptors (Lipinski definition) is 4. The minimum atomic E-state index is 0.0971. The minimum absolute atomic E-state index is 0.0971. The van der Waals surface area contributed by atoms with Gasteiger partial charge in [0.25, 0.3) is 0 Å². The lowest BCUT2D eigenvalue weighted by Crippen LogP contribution is -2.22. The van der Waals surface area contributed by atoms with Crippen LogP contribution in [-0.2, 0) is 6.54 Å². The Morgan fingerprint density at radius 1 is 1.44 bits per heavy atom. The van der Waals surface area contributed by atoms with Gasteiger partial charge in [-0.05, 0) is 30.5 Å². The summed E-state index contributed by atoms with van der Waals surface area (Å²) in [6.07, 6.45) is 2.13. The highest BCUT2D eigenvalue weighted by Crippen LogP contribution is 2.17. The highest BCUT2D eigenvalue weighted by molar-refractivity contribution is 7.98. The van der Waals surface area contributed by atoms with Crippen molar-refractivity contribution in [3.8, 4) is 11.8 Å². The first-order chi connectivity index (χ1) is 8.77. The molecule has 0 saturated heterocycles. The summed E-state index contributed by atoms with van der Waals surface area (Å²) in [4.78, 5) is 0. The van der Waals surface area contributed by atoms with E-state index < -0.39 is 0 Å². The Morgan fingerprint density at radius 3 is 2.94 bits per heavy atom. The number of rotatable bonds is 8. The normalized spacial score (nSPS) is 11.8. The van der Waals surface area contributed by atoms with Gasteiger partial charge in [-0.3, -0.25) is 0 Å². The van der Waals surface area contributed by atoms with Gasteiger partial charge in [0.05, 0.1) is 0 Å². The molecular weight excluding hydrogens is 244 g/mol. The van der Waals surface area contributed by atoms with E-state index in [1.807, 2.05) is 42.1 Å². The van der Waals surface area contributed by atoms with E-state index in [1.54, 1.807) is 0 Å². The van der Waals surface area contributed by atoms with E-state index in [0.29, 0.717) is 5.92 Å². The number of nitrogens with zero attached hydrogens (tertiary/aromatic N) is 1. The lowest BCUT2D eigenvalue weighted by molar-refractivity contribution is 0.362. The first-order valence-electron chi connectivity index (χ1n) is 6.05. The van der Waals surface area contributed by atoms with Gasteiger partial charge < -0.3 is 10.1 Å². The van der Waals surface area contributed by atoms with Crippen LogP contribution in [0.3, 0.4) is 0 Å². The zero-order chi connectivity index (χ0) is 13.2. The summed E-state index contributed by atoms with van der Waals surface area (Å²) in [6.45, 7) is 4.11. The zero-order valence-corrected chi connectivity index (χ0v) is 11.8. The quantitative estimate of drug-likeness (QED) is 0.784. The van der Waals surface area contributed by atoms with Gasteiger partial charge in [0.2, 0.25) is 0 Å². The monoisotopic (exact) mass is 264 g/mol. The summed E-state index contributed by atoms with van der Waals surface area (Å²) >= 11 is 1.87. The first-order valence-corrected chi connectivity index (χ1v) is 7.44. The van der Waals surface area contributed by atoms with Crippen molar-refractivity contribution in [3.05, 3.63) is 29.8 Å². The maximum atomic E-state index is 8.53. The van der Waals surface area contributed by atoms with Crippen LogP contribution >= 0.6 is 11.8 Å². The number of para-hydroxylation sites is 1. The lowest BCUT2D eigenvalue weighted by Gasteiger charge is -2.13. The standard InChI is InChI=1S/C14H20N2OS/c1-12(11-18-2)9-16-10-13-5-3-4-6-14(13)17-8-7-15/h3-6,12,16H,8-11H2,1-2H3. The molecule has 0 aliphatic heterocycles. The van der Waals surface area contributed by atoms with Gasteiger partial charge in [-0.1, -0.05) is 25.1 Å². The molecule has 1 aromatic carbocycles. The molecule has 4 heteroatoms. The van der Waals surface area contributed by atoms with Crippen LogP contribution < -0.4 is 10.1 Å². The molecule has 1 atom stereocenters. The Hall–Kier alpha value is -1.18. The molecule has 0 aliphatic carbocycles. The number of ether oxygens (including phenoxy) is 1. The Balaban J connectivity index is 2.43. The molecule has 18 heavy (non-hydrogen) atoms. The van der Waals surface area contributed by atoms with E-state index in [9.17, 15) is 0 Å². The van der Waals surface area contributed by atoms with Crippen molar-refractivity contribution in [1.82, 2.24) is 5.32 Å². The molecular formula is C14H20N2OS. The third-order valence-electron chi connectivity index (χ3n) is 2.52. The summed E-state index contributed by atoms with van der Waals surface area (Å²) in [5.74, 6) is 2.62. The molecule has 0 fully saturated rings. The average Bonchev–Trinajstić information content (AvgIpc) is 2.38. The third-order valence-corrected chi connectivity index (χ3v) is 3.43. The summed E-state index contributed by atoms with van der Waals surface area (Å²) < 4.78 is 5.39. The van der Waals surface area contributed by atoms with Crippen molar-refractivity contribution in [2.75, 3.05) is 25.2 Å². The van der Waals surface area contributed by atoms with Crippen LogP contribution in [0.25, 0.3) is 0 Å². The van der Waals surface area contributed by atoms with E-state index >= 15 is 0 Å². The molecule has 1 aromatic rings. The van der Waals surface area contributed by atoms with Crippen molar-refractivity contribution in [2.45, 2.75) is 13.5 Å². The number of nitriles is 1. The lowest BCUT2D eigenvalue weighted by atomic mass is 10.2. The first kappa shape index (κ1) is 14.9. The highest BCUT2D eigenvalue weighted by atomic mass is 32.2. The molecule has 0 radical (unpaired) electrons. The van der Waals surface area contributed by atoms with Gasteiger partial charge in [0.15, 0.2) is 6.61 Å². The number of benzene rings is 1. The molecule has 0 saturated carbocycles. The Bertz CT molecular complexity index is 390.